The number of benzene rings is 1. The third-order valence-electron chi connectivity index (χ3n) is 2.15. The summed E-state index contributed by atoms with van der Waals surface area (Å²) in [6, 6.07) is 4.25. The van der Waals surface area contributed by atoms with Gasteiger partial charge in [-0.05, 0) is 25.1 Å². The van der Waals surface area contributed by atoms with E-state index in [2.05, 4.69) is 17.2 Å². The van der Waals surface area contributed by atoms with Crippen LogP contribution in [0.3, 0.4) is 0 Å². The average molecular weight is 265 g/mol. The SMILES string of the molecule is CCOCC(=O)Nc1ccc(C#CCCO)c(F)c1. The molecule has 1 aromatic rings. The van der Waals surface area contributed by atoms with Crippen LogP contribution in [-0.2, 0) is 9.53 Å². The lowest BCUT2D eigenvalue weighted by Gasteiger charge is -2.05. The van der Waals surface area contributed by atoms with Crippen molar-refractivity contribution in [3.63, 3.8) is 0 Å². The fraction of sp³-hybridized carbons (Fsp3) is 0.357. The second kappa shape index (κ2) is 8.25. The molecule has 0 fully saturated rings. The quantitative estimate of drug-likeness (QED) is 0.794. The molecule has 0 saturated heterocycles. The highest BCUT2D eigenvalue weighted by molar-refractivity contribution is 5.91. The largest absolute Gasteiger partial charge is 0.395 e. The monoisotopic (exact) mass is 265 g/mol. The number of anilines is 1. The van der Waals surface area contributed by atoms with E-state index >= 15 is 0 Å². The van der Waals surface area contributed by atoms with Crippen molar-refractivity contribution in [2.24, 2.45) is 0 Å². The minimum Gasteiger partial charge on any atom is -0.395 e. The van der Waals surface area contributed by atoms with E-state index in [0.717, 1.165) is 0 Å². The third kappa shape index (κ3) is 5.51. The predicted molar refractivity (Wildman–Crippen MR) is 70.1 cm³/mol. The molecule has 1 amide bonds. The van der Waals surface area contributed by atoms with Gasteiger partial charge in [0.1, 0.15) is 12.4 Å². The summed E-state index contributed by atoms with van der Waals surface area (Å²) in [7, 11) is 0. The van der Waals surface area contributed by atoms with Gasteiger partial charge in [-0.1, -0.05) is 11.8 Å². The van der Waals surface area contributed by atoms with Crippen LogP contribution in [0.1, 0.15) is 18.9 Å². The van der Waals surface area contributed by atoms with Crippen molar-refractivity contribution in [2.45, 2.75) is 13.3 Å². The van der Waals surface area contributed by atoms with Crippen molar-refractivity contribution in [2.75, 3.05) is 25.1 Å². The minimum atomic E-state index is -0.514. The van der Waals surface area contributed by atoms with Crippen LogP contribution in [-0.4, -0.2) is 30.8 Å². The third-order valence-corrected chi connectivity index (χ3v) is 2.15. The molecule has 0 aliphatic rings. The highest BCUT2D eigenvalue weighted by Gasteiger charge is 2.05. The molecule has 0 unspecified atom stereocenters. The molecule has 0 atom stereocenters. The van der Waals surface area contributed by atoms with Gasteiger partial charge in [0, 0.05) is 18.7 Å². The fourth-order valence-electron chi connectivity index (χ4n) is 1.30. The molecule has 0 spiro atoms. The topological polar surface area (TPSA) is 58.6 Å². The number of hydrogen-bond acceptors (Lipinski definition) is 3. The van der Waals surface area contributed by atoms with Crippen molar-refractivity contribution >= 4 is 11.6 Å². The lowest BCUT2D eigenvalue weighted by atomic mass is 10.2. The first-order chi connectivity index (χ1) is 9.17. The second-order valence-corrected chi connectivity index (χ2v) is 3.66. The molecule has 19 heavy (non-hydrogen) atoms. The molecule has 102 valence electrons. The van der Waals surface area contributed by atoms with Gasteiger partial charge in [0.25, 0.3) is 0 Å². The molecular formula is C14H16FNO3. The smallest absolute Gasteiger partial charge is 0.250 e. The molecular weight excluding hydrogens is 249 g/mol. The Morgan fingerprint density at radius 1 is 1.53 bits per heavy atom. The van der Waals surface area contributed by atoms with Crippen LogP contribution < -0.4 is 5.32 Å². The molecule has 0 aliphatic carbocycles. The molecule has 0 heterocycles. The fourth-order valence-corrected chi connectivity index (χ4v) is 1.30. The standard InChI is InChI=1S/C14H16FNO3/c1-2-19-10-14(18)16-12-7-6-11(13(15)9-12)5-3-4-8-17/h6-7,9,17H,2,4,8,10H2,1H3,(H,16,18). The van der Waals surface area contributed by atoms with E-state index in [-0.39, 0.29) is 24.7 Å². The molecule has 2 N–H and O–H groups in total. The number of ether oxygens (including phenoxy) is 1. The maximum absolute atomic E-state index is 13.6. The Bertz CT molecular complexity index is 491. The van der Waals surface area contributed by atoms with Crippen molar-refractivity contribution < 1.29 is 19.0 Å². The van der Waals surface area contributed by atoms with Gasteiger partial charge in [0.05, 0.1) is 12.2 Å². The first-order valence-corrected chi connectivity index (χ1v) is 5.94. The molecule has 1 aromatic carbocycles. The highest BCUT2D eigenvalue weighted by Crippen LogP contribution is 2.13. The van der Waals surface area contributed by atoms with E-state index in [1.165, 1.54) is 12.1 Å². The number of carbonyl (C=O) groups is 1. The van der Waals surface area contributed by atoms with Crippen LogP contribution in [0, 0.1) is 17.7 Å². The normalized spacial score (nSPS) is 9.63. The molecule has 1 rings (SSSR count). The van der Waals surface area contributed by atoms with Crippen molar-refractivity contribution in [1.29, 1.82) is 0 Å². The zero-order chi connectivity index (χ0) is 14.1. The Hall–Kier alpha value is -1.90. The number of aliphatic hydroxyl groups is 1. The van der Waals surface area contributed by atoms with Gasteiger partial charge in [0.15, 0.2) is 0 Å². The van der Waals surface area contributed by atoms with E-state index in [0.29, 0.717) is 18.7 Å². The molecule has 5 heteroatoms. The number of halogens is 1. The Morgan fingerprint density at radius 3 is 2.95 bits per heavy atom. The number of rotatable bonds is 5. The van der Waals surface area contributed by atoms with Gasteiger partial charge >= 0.3 is 0 Å². The Kier molecular flexibility index (Phi) is 6.58. The van der Waals surface area contributed by atoms with Crippen LogP contribution in [0.2, 0.25) is 0 Å². The Morgan fingerprint density at radius 2 is 2.32 bits per heavy atom. The number of carbonyl (C=O) groups excluding carboxylic acids is 1. The van der Waals surface area contributed by atoms with Crippen molar-refractivity contribution in [3.05, 3.63) is 29.6 Å². The molecule has 0 aliphatic heterocycles. The number of amides is 1. The van der Waals surface area contributed by atoms with Crippen LogP contribution in [0.15, 0.2) is 18.2 Å². The number of nitrogens with one attached hydrogen (secondary N) is 1. The summed E-state index contributed by atoms with van der Waals surface area (Å²) in [5.74, 6) is 4.39. The van der Waals surface area contributed by atoms with Gasteiger partial charge in [-0.15, -0.1) is 0 Å². The molecule has 0 radical (unpaired) electrons. The lowest BCUT2D eigenvalue weighted by Crippen LogP contribution is -2.18. The van der Waals surface area contributed by atoms with Gasteiger partial charge in [-0.25, -0.2) is 4.39 Å². The molecule has 0 bridgehead atoms. The molecule has 0 saturated carbocycles. The first-order valence-electron chi connectivity index (χ1n) is 5.94. The van der Waals surface area contributed by atoms with Crippen LogP contribution >= 0.6 is 0 Å². The van der Waals surface area contributed by atoms with E-state index in [9.17, 15) is 9.18 Å². The summed E-state index contributed by atoms with van der Waals surface area (Å²) in [6.45, 7) is 2.12. The van der Waals surface area contributed by atoms with E-state index in [1.54, 1.807) is 13.0 Å². The van der Waals surface area contributed by atoms with Crippen molar-refractivity contribution in [3.8, 4) is 11.8 Å². The summed E-state index contributed by atoms with van der Waals surface area (Å²) in [5, 5.41) is 11.1. The summed E-state index contributed by atoms with van der Waals surface area (Å²) >= 11 is 0. The van der Waals surface area contributed by atoms with Crippen LogP contribution in [0.25, 0.3) is 0 Å². The second-order valence-electron chi connectivity index (χ2n) is 3.66. The van der Waals surface area contributed by atoms with Gasteiger partial charge in [-0.3, -0.25) is 4.79 Å². The minimum absolute atomic E-state index is 0.0554. The highest BCUT2D eigenvalue weighted by atomic mass is 19.1. The zero-order valence-corrected chi connectivity index (χ0v) is 10.7. The summed E-state index contributed by atoms with van der Waals surface area (Å²) < 4.78 is 18.6. The number of aliphatic hydroxyl groups excluding tert-OH is 1. The maximum Gasteiger partial charge on any atom is 0.250 e. The van der Waals surface area contributed by atoms with Crippen molar-refractivity contribution in [1.82, 2.24) is 0 Å². The molecule has 4 nitrogen and oxygen atoms in total. The van der Waals surface area contributed by atoms with Gasteiger partial charge in [0.2, 0.25) is 5.91 Å². The van der Waals surface area contributed by atoms with E-state index < -0.39 is 5.82 Å². The summed E-state index contributed by atoms with van der Waals surface area (Å²) in [6.07, 6.45) is 0.298. The van der Waals surface area contributed by atoms with Gasteiger partial charge in [-0.2, -0.15) is 0 Å². The van der Waals surface area contributed by atoms with Crippen LogP contribution in [0.5, 0.6) is 0 Å². The summed E-state index contributed by atoms with van der Waals surface area (Å²) in [4.78, 5) is 11.4. The molecule has 0 aromatic heterocycles. The van der Waals surface area contributed by atoms with Gasteiger partial charge < -0.3 is 15.2 Å². The summed E-state index contributed by atoms with van der Waals surface area (Å²) in [5.41, 5.74) is 0.589. The van der Waals surface area contributed by atoms with E-state index in [4.69, 9.17) is 9.84 Å². The maximum atomic E-state index is 13.6. The lowest BCUT2D eigenvalue weighted by molar-refractivity contribution is -0.120. The zero-order valence-electron chi connectivity index (χ0n) is 10.7. The first kappa shape index (κ1) is 15.2. The Balaban J connectivity index is 2.67. The van der Waals surface area contributed by atoms with Crippen LogP contribution in [0.4, 0.5) is 10.1 Å². The number of hydrogen-bond donors (Lipinski definition) is 2. The predicted octanol–water partition coefficient (Wildman–Crippen LogP) is 1.53. The van der Waals surface area contributed by atoms with E-state index in [1.807, 2.05) is 0 Å². The average Bonchev–Trinajstić information content (AvgIpc) is 2.39. The Labute approximate surface area is 111 Å².